The van der Waals surface area contributed by atoms with Crippen molar-refractivity contribution < 1.29 is 9.90 Å². The topological polar surface area (TPSA) is 62.5 Å². The van der Waals surface area contributed by atoms with Gasteiger partial charge in [-0.05, 0) is 19.3 Å². The van der Waals surface area contributed by atoms with E-state index in [1.54, 1.807) is 12.4 Å². The third-order valence-corrected chi connectivity index (χ3v) is 2.83. The lowest BCUT2D eigenvalue weighted by Gasteiger charge is -2.09. The largest absolute Gasteiger partial charge is 0.480 e. The van der Waals surface area contributed by atoms with E-state index in [-0.39, 0.29) is 0 Å². The zero-order valence-electron chi connectivity index (χ0n) is 9.67. The maximum absolute atomic E-state index is 10.9. The summed E-state index contributed by atoms with van der Waals surface area (Å²) in [7, 11) is 0. The zero-order chi connectivity index (χ0) is 12.1. The second-order valence-electron chi connectivity index (χ2n) is 4.07. The third-order valence-electron chi connectivity index (χ3n) is 1.98. The molecule has 0 aliphatic carbocycles. The first-order valence-corrected chi connectivity index (χ1v) is 5.99. The predicted octanol–water partition coefficient (Wildman–Crippen LogP) is 2.37. The second-order valence-corrected chi connectivity index (χ2v) is 5.34. The second kappa shape index (κ2) is 5.75. The van der Waals surface area contributed by atoms with E-state index in [0.717, 1.165) is 9.88 Å². The van der Waals surface area contributed by atoms with E-state index in [0.29, 0.717) is 12.3 Å². The molecule has 0 amide bonds. The van der Waals surface area contributed by atoms with Crippen LogP contribution in [0.5, 0.6) is 0 Å². The number of hydrogen-bond acceptors (Lipinski definition) is 4. The Morgan fingerprint density at radius 3 is 2.81 bits per heavy atom. The van der Waals surface area contributed by atoms with Crippen molar-refractivity contribution in [2.45, 2.75) is 33.2 Å². The molecule has 88 valence electrons. The first kappa shape index (κ1) is 12.8. The molecule has 0 saturated heterocycles. The van der Waals surface area contributed by atoms with Crippen molar-refractivity contribution >= 4 is 23.5 Å². The van der Waals surface area contributed by atoms with E-state index >= 15 is 0 Å². The summed E-state index contributed by atoms with van der Waals surface area (Å²) in [5.74, 6) is -0.561. The summed E-state index contributed by atoms with van der Waals surface area (Å²) in [6, 6.07) is -0.663. The average Bonchev–Trinajstić information content (AvgIpc) is 2.58. The van der Waals surface area contributed by atoms with Crippen LogP contribution in [-0.4, -0.2) is 28.3 Å². The number of thiazole rings is 1. The Bertz CT molecular complexity index is 385. The molecule has 0 spiro atoms. The summed E-state index contributed by atoms with van der Waals surface area (Å²) < 4.78 is 0. The van der Waals surface area contributed by atoms with Gasteiger partial charge in [0.05, 0.1) is 6.21 Å². The Morgan fingerprint density at radius 2 is 2.38 bits per heavy atom. The highest BCUT2D eigenvalue weighted by Crippen LogP contribution is 2.11. The number of nitrogens with zero attached hydrogens (tertiary/aromatic N) is 2. The van der Waals surface area contributed by atoms with Crippen LogP contribution >= 0.6 is 11.3 Å². The molecule has 4 nitrogen and oxygen atoms in total. The molecule has 0 fully saturated rings. The zero-order valence-corrected chi connectivity index (χ0v) is 10.5. The van der Waals surface area contributed by atoms with Crippen molar-refractivity contribution in [2.24, 2.45) is 10.9 Å². The quantitative estimate of drug-likeness (QED) is 0.804. The molecular weight excluding hydrogens is 224 g/mol. The number of carbonyl (C=O) groups is 1. The van der Waals surface area contributed by atoms with E-state index in [2.05, 4.69) is 9.98 Å². The van der Waals surface area contributed by atoms with Gasteiger partial charge in [0.25, 0.3) is 0 Å². The van der Waals surface area contributed by atoms with Gasteiger partial charge in [-0.15, -0.1) is 11.3 Å². The van der Waals surface area contributed by atoms with Crippen molar-refractivity contribution in [1.29, 1.82) is 0 Å². The van der Waals surface area contributed by atoms with Crippen LogP contribution in [0.25, 0.3) is 0 Å². The highest BCUT2D eigenvalue weighted by atomic mass is 32.1. The van der Waals surface area contributed by atoms with E-state index in [1.807, 2.05) is 20.8 Å². The normalized spacial score (nSPS) is 13.5. The first-order valence-electron chi connectivity index (χ1n) is 5.17. The maximum atomic E-state index is 10.9. The minimum Gasteiger partial charge on any atom is -0.480 e. The number of aryl methyl sites for hydroxylation is 1. The highest BCUT2D eigenvalue weighted by Gasteiger charge is 2.16. The molecule has 1 aromatic heterocycles. The summed E-state index contributed by atoms with van der Waals surface area (Å²) >= 11 is 1.51. The van der Waals surface area contributed by atoms with Crippen molar-refractivity contribution in [2.75, 3.05) is 0 Å². The number of aromatic nitrogens is 1. The van der Waals surface area contributed by atoms with E-state index in [4.69, 9.17) is 5.11 Å². The molecule has 16 heavy (non-hydrogen) atoms. The number of carboxylic acid groups (broad SMARTS) is 1. The molecule has 0 radical (unpaired) electrons. The minimum absolute atomic E-state index is 0.316. The van der Waals surface area contributed by atoms with Crippen LogP contribution in [0.4, 0.5) is 0 Å². The van der Waals surface area contributed by atoms with Crippen LogP contribution < -0.4 is 0 Å². The van der Waals surface area contributed by atoms with Gasteiger partial charge in [0.2, 0.25) is 0 Å². The van der Waals surface area contributed by atoms with Gasteiger partial charge in [0, 0.05) is 11.1 Å². The monoisotopic (exact) mass is 240 g/mol. The maximum Gasteiger partial charge on any atom is 0.328 e. The molecule has 1 unspecified atom stereocenters. The minimum atomic E-state index is -0.877. The number of rotatable bonds is 5. The Hall–Kier alpha value is -1.23. The molecular formula is C11H16N2O2S. The Morgan fingerprint density at radius 1 is 1.69 bits per heavy atom. The van der Waals surface area contributed by atoms with Gasteiger partial charge >= 0.3 is 5.97 Å². The highest BCUT2D eigenvalue weighted by molar-refractivity contribution is 7.13. The molecule has 1 atom stereocenters. The summed E-state index contributed by atoms with van der Waals surface area (Å²) in [5, 5.41) is 9.73. The fourth-order valence-electron chi connectivity index (χ4n) is 1.26. The molecule has 1 N–H and O–H groups in total. The van der Waals surface area contributed by atoms with Crippen LogP contribution in [0.15, 0.2) is 11.2 Å². The first-order chi connectivity index (χ1) is 7.49. The van der Waals surface area contributed by atoms with Gasteiger partial charge in [0.1, 0.15) is 11.0 Å². The molecule has 0 bridgehead atoms. The number of carboxylic acids is 1. The molecule has 1 heterocycles. The fraction of sp³-hybridized carbons (Fsp3) is 0.545. The van der Waals surface area contributed by atoms with Crippen LogP contribution in [0.3, 0.4) is 0 Å². The lowest BCUT2D eigenvalue weighted by Crippen LogP contribution is -2.20. The molecule has 0 saturated carbocycles. The standard InChI is InChI=1S/C11H16N2O2S/c1-7(2)4-9(11(14)15)12-6-10-13-5-8(3)16-10/h5-7,9H,4H2,1-3H3,(H,14,15). The van der Waals surface area contributed by atoms with Gasteiger partial charge in [-0.25, -0.2) is 9.78 Å². The Balaban J connectivity index is 2.67. The van der Waals surface area contributed by atoms with Gasteiger partial charge in [-0.2, -0.15) is 0 Å². The summed E-state index contributed by atoms with van der Waals surface area (Å²) in [6.07, 6.45) is 3.86. The van der Waals surface area contributed by atoms with Gasteiger partial charge in [-0.3, -0.25) is 4.99 Å². The number of aliphatic carboxylic acids is 1. The average molecular weight is 240 g/mol. The lowest BCUT2D eigenvalue weighted by molar-refractivity contribution is -0.138. The SMILES string of the molecule is Cc1cnc(C=NC(CC(C)C)C(=O)O)s1. The molecule has 5 heteroatoms. The molecule has 1 rings (SSSR count). The summed E-state index contributed by atoms with van der Waals surface area (Å²) in [4.78, 5) is 20.2. The Kier molecular flexibility index (Phi) is 4.61. The molecule has 0 aliphatic heterocycles. The summed E-state index contributed by atoms with van der Waals surface area (Å²) in [6.45, 7) is 5.93. The predicted molar refractivity (Wildman–Crippen MR) is 65.3 cm³/mol. The molecule has 0 aliphatic rings. The lowest BCUT2D eigenvalue weighted by atomic mass is 10.0. The summed E-state index contributed by atoms with van der Waals surface area (Å²) in [5.41, 5.74) is 0. The van der Waals surface area contributed by atoms with Crippen LogP contribution in [-0.2, 0) is 4.79 Å². The fourth-order valence-corrected chi connectivity index (χ4v) is 1.91. The van der Waals surface area contributed by atoms with E-state index < -0.39 is 12.0 Å². The van der Waals surface area contributed by atoms with Crippen molar-refractivity contribution in [3.63, 3.8) is 0 Å². The molecule has 0 aromatic carbocycles. The smallest absolute Gasteiger partial charge is 0.328 e. The van der Waals surface area contributed by atoms with Gasteiger partial charge in [0.15, 0.2) is 0 Å². The Labute approximate surface area is 99.1 Å². The third kappa shape index (κ3) is 4.10. The van der Waals surface area contributed by atoms with Crippen molar-refractivity contribution in [3.05, 3.63) is 16.1 Å². The van der Waals surface area contributed by atoms with Crippen molar-refractivity contribution in [1.82, 2.24) is 4.98 Å². The van der Waals surface area contributed by atoms with Crippen molar-refractivity contribution in [3.8, 4) is 0 Å². The number of hydrogen-bond donors (Lipinski definition) is 1. The van der Waals surface area contributed by atoms with Gasteiger partial charge < -0.3 is 5.11 Å². The van der Waals surface area contributed by atoms with E-state index in [1.165, 1.54) is 11.3 Å². The van der Waals surface area contributed by atoms with E-state index in [9.17, 15) is 4.79 Å². The van der Waals surface area contributed by atoms with Crippen LogP contribution in [0.2, 0.25) is 0 Å². The van der Waals surface area contributed by atoms with Gasteiger partial charge in [-0.1, -0.05) is 13.8 Å². The number of aliphatic imine (C=N–C) groups is 1. The van der Waals surface area contributed by atoms with Crippen LogP contribution in [0.1, 0.15) is 30.2 Å². The molecule has 1 aromatic rings. The van der Waals surface area contributed by atoms with Crippen LogP contribution in [0, 0.1) is 12.8 Å².